The van der Waals surface area contributed by atoms with Crippen molar-refractivity contribution in [3.8, 4) is 17.2 Å². The van der Waals surface area contributed by atoms with E-state index in [2.05, 4.69) is 13.0 Å². The number of aliphatic imine (C=N–C) groups is 1. The van der Waals surface area contributed by atoms with Crippen LogP contribution >= 0.6 is 0 Å². The minimum atomic E-state index is -0.850. The van der Waals surface area contributed by atoms with Crippen LogP contribution in [0.3, 0.4) is 0 Å². The van der Waals surface area contributed by atoms with Gasteiger partial charge in [0.2, 0.25) is 5.90 Å². The topological polar surface area (TPSA) is 40.0 Å². The van der Waals surface area contributed by atoms with Crippen molar-refractivity contribution in [1.82, 2.24) is 0 Å². The highest BCUT2D eigenvalue weighted by atomic mass is 16.6. The van der Waals surface area contributed by atoms with E-state index in [1.165, 1.54) is 5.56 Å². The molecule has 30 heavy (non-hydrogen) atoms. The Balaban J connectivity index is 2.01. The maximum Gasteiger partial charge on any atom is 0.239 e. The summed E-state index contributed by atoms with van der Waals surface area (Å²) < 4.78 is 18.1. The molecule has 0 saturated heterocycles. The molecule has 0 spiro atoms. The maximum absolute atomic E-state index is 6.33. The Kier molecular flexibility index (Phi) is 6.46. The van der Waals surface area contributed by atoms with E-state index in [-0.39, 0.29) is 0 Å². The standard InChI is InChI=1S/C26H29NO3/c1-18-11-13-21(14-12-18)27-25(29-22-16-19(2)15-20(3)17-22)26(4,5)30-24-10-8-7-9-23(24)28-6/h7-17H,1-6H3. The molecule has 0 unspecified atom stereocenters. The number of methoxy groups -OCH3 is 1. The SMILES string of the molecule is COc1ccccc1OC(C)(C)C(=Nc1ccc(C)cc1)Oc1cc(C)cc(C)c1. The smallest absolute Gasteiger partial charge is 0.239 e. The molecule has 0 aliphatic heterocycles. The van der Waals surface area contributed by atoms with Crippen molar-refractivity contribution in [2.45, 2.75) is 40.2 Å². The Hall–Kier alpha value is -3.27. The fourth-order valence-electron chi connectivity index (χ4n) is 3.14. The largest absolute Gasteiger partial charge is 0.493 e. The van der Waals surface area contributed by atoms with Gasteiger partial charge < -0.3 is 14.2 Å². The summed E-state index contributed by atoms with van der Waals surface area (Å²) in [6.07, 6.45) is 0. The molecule has 156 valence electrons. The van der Waals surface area contributed by atoms with E-state index in [4.69, 9.17) is 19.2 Å². The van der Waals surface area contributed by atoms with Crippen molar-refractivity contribution in [2.24, 2.45) is 4.99 Å². The summed E-state index contributed by atoms with van der Waals surface area (Å²) >= 11 is 0. The molecule has 0 aromatic heterocycles. The van der Waals surface area contributed by atoms with Gasteiger partial charge in [-0.15, -0.1) is 0 Å². The minimum Gasteiger partial charge on any atom is -0.493 e. The van der Waals surface area contributed by atoms with Gasteiger partial charge in [0.15, 0.2) is 17.1 Å². The second-order valence-corrected chi connectivity index (χ2v) is 7.94. The van der Waals surface area contributed by atoms with Crippen molar-refractivity contribution in [3.05, 3.63) is 83.4 Å². The molecular weight excluding hydrogens is 374 g/mol. The molecule has 0 aliphatic rings. The van der Waals surface area contributed by atoms with Gasteiger partial charge >= 0.3 is 0 Å². The van der Waals surface area contributed by atoms with E-state index in [0.717, 1.165) is 22.6 Å². The lowest BCUT2D eigenvalue weighted by Crippen LogP contribution is -2.41. The molecule has 0 amide bonds. The summed E-state index contributed by atoms with van der Waals surface area (Å²) in [6, 6.07) is 21.7. The molecular formula is C26H29NO3. The van der Waals surface area contributed by atoms with Gasteiger partial charge in [-0.1, -0.05) is 35.9 Å². The van der Waals surface area contributed by atoms with E-state index >= 15 is 0 Å². The normalized spacial score (nSPS) is 11.9. The lowest BCUT2D eigenvalue weighted by molar-refractivity contribution is 0.155. The molecule has 0 N–H and O–H groups in total. The molecule has 0 saturated carbocycles. The van der Waals surface area contributed by atoms with Gasteiger partial charge in [0.25, 0.3) is 0 Å². The Morgan fingerprint density at radius 1 is 0.767 bits per heavy atom. The molecule has 0 radical (unpaired) electrons. The molecule has 0 atom stereocenters. The van der Waals surface area contributed by atoms with Gasteiger partial charge in [0.1, 0.15) is 5.75 Å². The Labute approximate surface area is 179 Å². The molecule has 0 aliphatic carbocycles. The third kappa shape index (κ3) is 5.41. The average Bonchev–Trinajstić information content (AvgIpc) is 2.68. The zero-order valence-corrected chi connectivity index (χ0v) is 18.5. The van der Waals surface area contributed by atoms with Gasteiger partial charge in [-0.05, 0) is 82.1 Å². The summed E-state index contributed by atoms with van der Waals surface area (Å²) in [5.41, 5.74) is 3.38. The van der Waals surface area contributed by atoms with Crippen molar-refractivity contribution in [3.63, 3.8) is 0 Å². The van der Waals surface area contributed by atoms with Crippen molar-refractivity contribution in [2.75, 3.05) is 7.11 Å². The Morgan fingerprint density at radius 2 is 1.37 bits per heavy atom. The molecule has 0 heterocycles. The van der Waals surface area contributed by atoms with E-state index in [9.17, 15) is 0 Å². The number of nitrogens with zero attached hydrogens (tertiary/aromatic N) is 1. The first-order valence-electron chi connectivity index (χ1n) is 10.0. The highest BCUT2D eigenvalue weighted by Crippen LogP contribution is 2.31. The number of ether oxygens (including phenoxy) is 3. The Bertz CT molecular complexity index is 1020. The van der Waals surface area contributed by atoms with Crippen molar-refractivity contribution >= 4 is 11.6 Å². The molecule has 0 fully saturated rings. The van der Waals surface area contributed by atoms with Crippen LogP contribution in [0.5, 0.6) is 17.2 Å². The quantitative estimate of drug-likeness (QED) is 0.344. The molecule has 0 bridgehead atoms. The summed E-state index contributed by atoms with van der Waals surface area (Å²) in [7, 11) is 1.63. The van der Waals surface area contributed by atoms with Gasteiger partial charge in [0, 0.05) is 0 Å². The van der Waals surface area contributed by atoms with E-state index in [0.29, 0.717) is 17.4 Å². The first kappa shape index (κ1) is 21.4. The van der Waals surface area contributed by atoms with Gasteiger partial charge in [0.05, 0.1) is 12.8 Å². The van der Waals surface area contributed by atoms with Crippen LogP contribution in [0.15, 0.2) is 71.7 Å². The van der Waals surface area contributed by atoms with Crippen LogP contribution < -0.4 is 14.2 Å². The first-order valence-corrected chi connectivity index (χ1v) is 10.0. The fourth-order valence-corrected chi connectivity index (χ4v) is 3.14. The van der Waals surface area contributed by atoms with Crippen LogP contribution in [0.4, 0.5) is 5.69 Å². The minimum absolute atomic E-state index is 0.460. The lowest BCUT2D eigenvalue weighted by atomic mass is 10.1. The fraction of sp³-hybridized carbons (Fsp3) is 0.269. The first-order chi connectivity index (χ1) is 14.3. The van der Waals surface area contributed by atoms with Crippen molar-refractivity contribution in [1.29, 1.82) is 0 Å². The van der Waals surface area contributed by atoms with Gasteiger partial charge in [-0.2, -0.15) is 0 Å². The number of benzene rings is 3. The summed E-state index contributed by atoms with van der Waals surface area (Å²) in [5.74, 6) is 2.48. The second kappa shape index (κ2) is 9.04. The number of para-hydroxylation sites is 2. The number of hydrogen-bond acceptors (Lipinski definition) is 4. The third-order valence-corrected chi connectivity index (χ3v) is 4.62. The van der Waals surface area contributed by atoms with Crippen molar-refractivity contribution < 1.29 is 14.2 Å². The van der Waals surface area contributed by atoms with Crippen LogP contribution in [0.2, 0.25) is 0 Å². The molecule has 3 aromatic carbocycles. The van der Waals surface area contributed by atoms with Crippen LogP contribution in [0.1, 0.15) is 30.5 Å². The molecule has 3 rings (SSSR count). The highest BCUT2D eigenvalue weighted by molar-refractivity contribution is 5.89. The van der Waals surface area contributed by atoms with E-state index < -0.39 is 5.60 Å². The van der Waals surface area contributed by atoms with Crippen LogP contribution in [-0.2, 0) is 0 Å². The van der Waals surface area contributed by atoms with Crippen LogP contribution in [0.25, 0.3) is 0 Å². The maximum atomic E-state index is 6.33. The number of hydrogen-bond donors (Lipinski definition) is 0. The summed E-state index contributed by atoms with van der Waals surface area (Å²) in [5, 5.41) is 0. The molecule has 4 heteroatoms. The lowest BCUT2D eigenvalue weighted by Gasteiger charge is -2.28. The predicted octanol–water partition coefficient (Wildman–Crippen LogP) is 6.59. The second-order valence-electron chi connectivity index (χ2n) is 7.94. The zero-order chi connectivity index (χ0) is 21.7. The monoisotopic (exact) mass is 403 g/mol. The summed E-state index contributed by atoms with van der Waals surface area (Å²) in [6.45, 7) is 10.0. The number of rotatable bonds is 6. The number of aryl methyl sites for hydroxylation is 3. The average molecular weight is 404 g/mol. The van der Waals surface area contributed by atoms with E-state index in [1.807, 2.05) is 88.4 Å². The molecule has 4 nitrogen and oxygen atoms in total. The predicted molar refractivity (Wildman–Crippen MR) is 123 cm³/mol. The van der Waals surface area contributed by atoms with Crippen LogP contribution in [-0.4, -0.2) is 18.6 Å². The summed E-state index contributed by atoms with van der Waals surface area (Å²) in [4.78, 5) is 4.81. The van der Waals surface area contributed by atoms with Crippen LogP contribution in [0, 0.1) is 20.8 Å². The Morgan fingerprint density at radius 3 is 1.97 bits per heavy atom. The van der Waals surface area contributed by atoms with Gasteiger partial charge in [-0.25, -0.2) is 4.99 Å². The van der Waals surface area contributed by atoms with Gasteiger partial charge in [-0.3, -0.25) is 0 Å². The van der Waals surface area contributed by atoms with E-state index in [1.54, 1.807) is 7.11 Å². The zero-order valence-electron chi connectivity index (χ0n) is 18.5. The highest BCUT2D eigenvalue weighted by Gasteiger charge is 2.31. The third-order valence-electron chi connectivity index (χ3n) is 4.62. The molecule has 3 aromatic rings.